The molecule has 0 aromatic rings. The standard InChI is InChI=1S/C19H30N4O2/c1-5-6-17(24)21-15-11-16(23-20-12-15)18(25)22-14-9-7-13(8-10-14)19(2,3)4/h5,12-14,20H,1,6-11H2,2-4H3,(H,21,24)(H,22,25). The van der Waals surface area contributed by atoms with Crippen molar-refractivity contribution < 1.29 is 9.59 Å². The molecule has 0 aromatic carbocycles. The Bertz CT molecular complexity index is 579. The largest absolute Gasteiger partial charge is 0.348 e. The van der Waals surface area contributed by atoms with Crippen molar-refractivity contribution >= 4 is 17.5 Å². The summed E-state index contributed by atoms with van der Waals surface area (Å²) in [4.78, 5) is 24.1. The molecular formula is C19H30N4O2. The van der Waals surface area contributed by atoms with Gasteiger partial charge in [0.1, 0.15) is 5.71 Å². The first-order valence-electron chi connectivity index (χ1n) is 9.02. The molecule has 2 amide bonds. The molecule has 2 aliphatic rings. The second-order valence-electron chi connectivity index (χ2n) is 7.96. The van der Waals surface area contributed by atoms with Gasteiger partial charge in [-0.2, -0.15) is 5.10 Å². The Labute approximate surface area is 150 Å². The lowest BCUT2D eigenvalue weighted by atomic mass is 9.71. The third kappa shape index (κ3) is 5.73. The number of hydrazone groups is 1. The quantitative estimate of drug-likeness (QED) is 0.669. The minimum Gasteiger partial charge on any atom is -0.348 e. The van der Waals surface area contributed by atoms with E-state index in [9.17, 15) is 9.59 Å². The fourth-order valence-electron chi connectivity index (χ4n) is 3.40. The number of rotatable bonds is 5. The molecule has 3 N–H and O–H groups in total. The summed E-state index contributed by atoms with van der Waals surface area (Å²) < 4.78 is 0. The Balaban J connectivity index is 1.81. The molecule has 1 aliphatic heterocycles. The zero-order chi connectivity index (χ0) is 18.4. The van der Waals surface area contributed by atoms with Gasteiger partial charge < -0.3 is 10.6 Å². The minimum atomic E-state index is -0.157. The van der Waals surface area contributed by atoms with Crippen LogP contribution in [0.25, 0.3) is 0 Å². The Morgan fingerprint density at radius 2 is 2.00 bits per heavy atom. The van der Waals surface area contributed by atoms with E-state index in [1.165, 1.54) is 0 Å². The third-order valence-corrected chi connectivity index (χ3v) is 4.98. The monoisotopic (exact) mass is 346 g/mol. The molecule has 1 saturated carbocycles. The zero-order valence-electron chi connectivity index (χ0n) is 15.5. The Morgan fingerprint density at radius 1 is 1.32 bits per heavy atom. The number of hydrogen-bond acceptors (Lipinski definition) is 4. The molecule has 6 nitrogen and oxygen atoms in total. The predicted octanol–water partition coefficient (Wildman–Crippen LogP) is 2.59. The van der Waals surface area contributed by atoms with Crippen LogP contribution in [0.5, 0.6) is 0 Å². The Kier molecular flexibility index (Phi) is 6.39. The molecule has 6 heteroatoms. The van der Waals surface area contributed by atoms with Crippen molar-refractivity contribution in [2.24, 2.45) is 16.4 Å². The summed E-state index contributed by atoms with van der Waals surface area (Å²) in [7, 11) is 0. The molecule has 25 heavy (non-hydrogen) atoms. The number of allylic oxidation sites excluding steroid dienone is 1. The molecule has 138 valence electrons. The van der Waals surface area contributed by atoms with Gasteiger partial charge in [-0.15, -0.1) is 6.58 Å². The molecular weight excluding hydrogens is 316 g/mol. The second-order valence-corrected chi connectivity index (χ2v) is 7.96. The fourth-order valence-corrected chi connectivity index (χ4v) is 3.40. The van der Waals surface area contributed by atoms with Gasteiger partial charge in [-0.25, -0.2) is 0 Å². The van der Waals surface area contributed by atoms with E-state index >= 15 is 0 Å². The summed E-state index contributed by atoms with van der Waals surface area (Å²) in [5.74, 6) is 0.407. The highest BCUT2D eigenvalue weighted by Crippen LogP contribution is 2.37. The number of hydrogen-bond donors (Lipinski definition) is 3. The fraction of sp³-hybridized carbons (Fsp3) is 0.632. The predicted molar refractivity (Wildman–Crippen MR) is 99.6 cm³/mol. The first-order valence-corrected chi connectivity index (χ1v) is 9.02. The molecule has 0 unspecified atom stereocenters. The lowest BCUT2D eigenvalue weighted by Crippen LogP contribution is -2.44. The van der Waals surface area contributed by atoms with Crippen LogP contribution in [0.4, 0.5) is 0 Å². The van der Waals surface area contributed by atoms with Crippen molar-refractivity contribution in [1.82, 2.24) is 16.1 Å². The van der Waals surface area contributed by atoms with Crippen molar-refractivity contribution in [3.05, 3.63) is 24.6 Å². The van der Waals surface area contributed by atoms with E-state index in [1.54, 1.807) is 12.3 Å². The summed E-state index contributed by atoms with van der Waals surface area (Å²) in [6, 6.07) is 0.207. The number of carbonyl (C=O) groups excluding carboxylic acids is 2. The maximum Gasteiger partial charge on any atom is 0.268 e. The molecule has 2 rings (SSSR count). The summed E-state index contributed by atoms with van der Waals surface area (Å²) in [5.41, 5.74) is 4.07. The van der Waals surface area contributed by atoms with Gasteiger partial charge in [0, 0.05) is 30.8 Å². The number of carbonyl (C=O) groups is 2. The van der Waals surface area contributed by atoms with Crippen molar-refractivity contribution in [3.8, 4) is 0 Å². The van der Waals surface area contributed by atoms with Crippen molar-refractivity contribution in [3.63, 3.8) is 0 Å². The Morgan fingerprint density at radius 3 is 2.60 bits per heavy atom. The summed E-state index contributed by atoms with van der Waals surface area (Å²) in [6.45, 7) is 10.4. The molecule has 0 spiro atoms. The molecule has 0 atom stereocenters. The third-order valence-electron chi connectivity index (χ3n) is 4.98. The zero-order valence-corrected chi connectivity index (χ0v) is 15.5. The highest BCUT2D eigenvalue weighted by Gasteiger charge is 2.31. The first kappa shape index (κ1) is 19.2. The van der Waals surface area contributed by atoms with Crippen molar-refractivity contribution in [2.45, 2.75) is 65.3 Å². The van der Waals surface area contributed by atoms with E-state index < -0.39 is 0 Å². The normalized spacial score (nSPS) is 23.6. The van der Waals surface area contributed by atoms with E-state index in [2.05, 4.69) is 48.5 Å². The smallest absolute Gasteiger partial charge is 0.268 e. The molecule has 0 aromatic heterocycles. The molecule has 0 saturated heterocycles. The average molecular weight is 346 g/mol. The van der Waals surface area contributed by atoms with Gasteiger partial charge in [-0.1, -0.05) is 26.8 Å². The molecule has 0 radical (unpaired) electrons. The van der Waals surface area contributed by atoms with Crippen molar-refractivity contribution in [1.29, 1.82) is 0 Å². The first-order chi connectivity index (χ1) is 11.8. The van der Waals surface area contributed by atoms with Crippen LogP contribution in [0.1, 0.15) is 59.3 Å². The van der Waals surface area contributed by atoms with Crippen LogP contribution in [-0.2, 0) is 9.59 Å². The van der Waals surface area contributed by atoms with Crippen LogP contribution in [0.3, 0.4) is 0 Å². The molecule has 0 bridgehead atoms. The maximum absolute atomic E-state index is 12.5. The highest BCUT2D eigenvalue weighted by molar-refractivity contribution is 6.39. The van der Waals surface area contributed by atoms with Crippen LogP contribution < -0.4 is 16.1 Å². The van der Waals surface area contributed by atoms with Gasteiger partial charge in [0.15, 0.2) is 0 Å². The minimum absolute atomic E-state index is 0.148. The lowest BCUT2D eigenvalue weighted by Gasteiger charge is -2.37. The summed E-state index contributed by atoms with van der Waals surface area (Å²) in [6.07, 6.45) is 8.00. The Hall–Kier alpha value is -2.11. The second kappa shape index (κ2) is 8.32. The van der Waals surface area contributed by atoms with Crippen LogP contribution in [0.15, 0.2) is 29.7 Å². The van der Waals surface area contributed by atoms with Gasteiger partial charge in [-0.3, -0.25) is 15.0 Å². The van der Waals surface area contributed by atoms with E-state index in [-0.39, 0.29) is 24.3 Å². The number of amides is 2. The molecule has 1 fully saturated rings. The maximum atomic E-state index is 12.5. The topological polar surface area (TPSA) is 82.6 Å². The van der Waals surface area contributed by atoms with Gasteiger partial charge in [-0.05, 0) is 37.0 Å². The number of nitrogens with one attached hydrogen (secondary N) is 3. The number of nitrogens with zero attached hydrogens (tertiary/aromatic N) is 1. The summed E-state index contributed by atoms with van der Waals surface area (Å²) in [5, 5.41) is 9.91. The molecule has 1 aliphatic carbocycles. The SMILES string of the molecule is C=CCC(=O)NC1=CNN=C(C(=O)NC2CCC(C(C)(C)C)CC2)C1. The van der Waals surface area contributed by atoms with Crippen LogP contribution in [0, 0.1) is 11.3 Å². The van der Waals surface area contributed by atoms with Gasteiger partial charge in [0.2, 0.25) is 5.91 Å². The van der Waals surface area contributed by atoms with Crippen LogP contribution in [0.2, 0.25) is 0 Å². The molecule has 1 heterocycles. The lowest BCUT2D eigenvalue weighted by molar-refractivity contribution is -0.119. The summed E-state index contributed by atoms with van der Waals surface area (Å²) >= 11 is 0. The van der Waals surface area contributed by atoms with Crippen LogP contribution >= 0.6 is 0 Å². The highest BCUT2D eigenvalue weighted by atomic mass is 16.2. The van der Waals surface area contributed by atoms with Gasteiger partial charge >= 0.3 is 0 Å². The van der Waals surface area contributed by atoms with E-state index in [4.69, 9.17) is 0 Å². The van der Waals surface area contributed by atoms with Gasteiger partial charge in [0.05, 0.1) is 0 Å². The average Bonchev–Trinajstić information content (AvgIpc) is 2.55. The van der Waals surface area contributed by atoms with Crippen LogP contribution in [-0.4, -0.2) is 23.6 Å². The van der Waals surface area contributed by atoms with E-state index in [1.807, 2.05) is 0 Å². The van der Waals surface area contributed by atoms with Crippen molar-refractivity contribution in [2.75, 3.05) is 0 Å². The van der Waals surface area contributed by atoms with E-state index in [0.717, 1.165) is 25.7 Å². The van der Waals surface area contributed by atoms with Gasteiger partial charge in [0.25, 0.3) is 5.91 Å². The van der Waals surface area contributed by atoms with E-state index in [0.29, 0.717) is 29.2 Å².